The average molecular weight is 370 g/mol. The van der Waals surface area contributed by atoms with Crippen LogP contribution in [0.5, 0.6) is 0 Å². The summed E-state index contributed by atoms with van der Waals surface area (Å²) in [7, 11) is 0. The Balaban J connectivity index is 1.60. The fraction of sp³-hybridized carbons (Fsp3) is 0.529. The second-order valence-corrected chi connectivity index (χ2v) is 7.03. The highest BCUT2D eigenvalue weighted by Crippen LogP contribution is 2.26. The first-order valence-corrected chi connectivity index (χ1v) is 9.09. The van der Waals surface area contributed by atoms with Crippen molar-refractivity contribution in [3.63, 3.8) is 0 Å². The highest BCUT2D eigenvalue weighted by Gasteiger charge is 2.30. The zero-order chi connectivity index (χ0) is 17.1. The van der Waals surface area contributed by atoms with E-state index in [0.717, 1.165) is 25.8 Å². The molecule has 2 saturated heterocycles. The summed E-state index contributed by atoms with van der Waals surface area (Å²) in [5.41, 5.74) is 0.342. The topological polar surface area (TPSA) is 52.7 Å². The van der Waals surface area contributed by atoms with Gasteiger partial charge >= 0.3 is 0 Å². The molecule has 1 atom stereocenters. The fourth-order valence-corrected chi connectivity index (χ4v) is 3.83. The molecule has 2 amide bonds. The Bertz CT molecular complexity index is 604. The SMILES string of the molecule is O=C(c1c(Cl)cccc1Cl)N1CCN(C(=O)C2CCCCN2)CC1. The van der Waals surface area contributed by atoms with Crippen molar-refractivity contribution in [3.8, 4) is 0 Å². The maximum atomic E-state index is 12.7. The van der Waals surface area contributed by atoms with Gasteiger partial charge in [0.2, 0.25) is 5.91 Å². The first-order valence-electron chi connectivity index (χ1n) is 8.33. The molecule has 2 fully saturated rings. The van der Waals surface area contributed by atoms with E-state index in [1.165, 1.54) is 0 Å². The van der Waals surface area contributed by atoms with E-state index in [-0.39, 0.29) is 17.9 Å². The predicted octanol–water partition coefficient (Wildman–Crippen LogP) is 2.42. The van der Waals surface area contributed by atoms with Crippen LogP contribution in [0.4, 0.5) is 0 Å². The number of carbonyl (C=O) groups is 2. The third-order valence-corrected chi connectivity index (χ3v) is 5.29. The quantitative estimate of drug-likeness (QED) is 0.870. The van der Waals surface area contributed by atoms with Crippen molar-refractivity contribution >= 4 is 35.0 Å². The summed E-state index contributed by atoms with van der Waals surface area (Å²) in [4.78, 5) is 28.7. The van der Waals surface area contributed by atoms with E-state index in [1.807, 2.05) is 4.90 Å². The average Bonchev–Trinajstić information content (AvgIpc) is 2.62. The number of nitrogens with one attached hydrogen (secondary N) is 1. The standard InChI is InChI=1S/C17H21Cl2N3O2/c18-12-4-3-5-13(19)15(12)17(24)22-10-8-21(9-11-22)16(23)14-6-1-2-7-20-14/h3-5,14,20H,1-2,6-11H2. The number of benzene rings is 1. The molecule has 24 heavy (non-hydrogen) atoms. The molecule has 2 aliphatic rings. The van der Waals surface area contributed by atoms with E-state index in [0.29, 0.717) is 41.8 Å². The Morgan fingerprint density at radius 2 is 1.62 bits per heavy atom. The van der Waals surface area contributed by atoms with Crippen molar-refractivity contribution in [2.75, 3.05) is 32.7 Å². The number of amides is 2. The van der Waals surface area contributed by atoms with Gasteiger partial charge in [0.15, 0.2) is 0 Å². The number of piperidine rings is 1. The molecule has 0 radical (unpaired) electrons. The van der Waals surface area contributed by atoms with Crippen LogP contribution in [-0.4, -0.2) is 60.4 Å². The van der Waals surface area contributed by atoms with Crippen molar-refractivity contribution in [2.45, 2.75) is 25.3 Å². The zero-order valence-corrected chi connectivity index (χ0v) is 14.9. The molecule has 7 heteroatoms. The Morgan fingerprint density at radius 3 is 2.21 bits per heavy atom. The van der Waals surface area contributed by atoms with Crippen LogP contribution in [0, 0.1) is 0 Å². The van der Waals surface area contributed by atoms with Gasteiger partial charge in [0.25, 0.3) is 5.91 Å². The van der Waals surface area contributed by atoms with Gasteiger partial charge in [-0.25, -0.2) is 0 Å². The van der Waals surface area contributed by atoms with E-state index >= 15 is 0 Å². The van der Waals surface area contributed by atoms with Gasteiger partial charge in [0.05, 0.1) is 21.7 Å². The lowest BCUT2D eigenvalue weighted by molar-refractivity contribution is -0.135. The maximum Gasteiger partial charge on any atom is 0.257 e. The highest BCUT2D eigenvalue weighted by atomic mass is 35.5. The number of carbonyl (C=O) groups excluding carboxylic acids is 2. The first kappa shape index (κ1) is 17.5. The molecule has 5 nitrogen and oxygen atoms in total. The molecule has 2 aliphatic heterocycles. The minimum atomic E-state index is -0.173. The number of halogens is 2. The van der Waals surface area contributed by atoms with Gasteiger partial charge in [0, 0.05) is 26.2 Å². The number of piperazine rings is 1. The molecule has 1 aromatic carbocycles. The van der Waals surface area contributed by atoms with Crippen molar-refractivity contribution in [3.05, 3.63) is 33.8 Å². The molecular formula is C17H21Cl2N3O2. The molecule has 1 unspecified atom stereocenters. The summed E-state index contributed by atoms with van der Waals surface area (Å²) in [6, 6.07) is 4.97. The van der Waals surface area contributed by atoms with Crippen LogP contribution < -0.4 is 5.32 Å². The minimum absolute atomic E-state index is 0.0704. The lowest BCUT2D eigenvalue weighted by Crippen LogP contribution is -2.55. The largest absolute Gasteiger partial charge is 0.338 e. The van der Waals surface area contributed by atoms with Gasteiger partial charge in [-0.2, -0.15) is 0 Å². The van der Waals surface area contributed by atoms with Crippen LogP contribution in [0.15, 0.2) is 18.2 Å². The van der Waals surface area contributed by atoms with E-state index in [4.69, 9.17) is 23.2 Å². The van der Waals surface area contributed by atoms with Gasteiger partial charge in [-0.3, -0.25) is 9.59 Å². The van der Waals surface area contributed by atoms with E-state index in [9.17, 15) is 9.59 Å². The monoisotopic (exact) mass is 369 g/mol. The van der Waals surface area contributed by atoms with Crippen LogP contribution >= 0.6 is 23.2 Å². The lowest BCUT2D eigenvalue weighted by Gasteiger charge is -2.37. The van der Waals surface area contributed by atoms with Crippen molar-refractivity contribution in [1.29, 1.82) is 0 Å². The maximum absolute atomic E-state index is 12.7. The summed E-state index contributed by atoms with van der Waals surface area (Å²) in [6.07, 6.45) is 3.12. The van der Waals surface area contributed by atoms with E-state index < -0.39 is 0 Å². The fourth-order valence-electron chi connectivity index (χ4n) is 3.27. The molecule has 0 aromatic heterocycles. The first-order chi connectivity index (χ1) is 11.6. The summed E-state index contributed by atoms with van der Waals surface area (Å²) in [5.74, 6) is -0.0222. The molecule has 0 bridgehead atoms. The van der Waals surface area contributed by atoms with Crippen molar-refractivity contribution in [1.82, 2.24) is 15.1 Å². The lowest BCUT2D eigenvalue weighted by atomic mass is 10.0. The van der Waals surface area contributed by atoms with Gasteiger partial charge in [-0.1, -0.05) is 35.7 Å². The van der Waals surface area contributed by atoms with Crippen LogP contribution in [0.3, 0.4) is 0 Å². The predicted molar refractivity (Wildman–Crippen MR) is 94.6 cm³/mol. The van der Waals surface area contributed by atoms with Gasteiger partial charge < -0.3 is 15.1 Å². The molecule has 0 aliphatic carbocycles. The van der Waals surface area contributed by atoms with Gasteiger partial charge in [-0.15, -0.1) is 0 Å². The van der Waals surface area contributed by atoms with Crippen molar-refractivity contribution < 1.29 is 9.59 Å². The summed E-state index contributed by atoms with van der Waals surface area (Å²) >= 11 is 12.2. The van der Waals surface area contributed by atoms with Gasteiger partial charge in [0.1, 0.15) is 0 Å². The summed E-state index contributed by atoms with van der Waals surface area (Å²) < 4.78 is 0. The highest BCUT2D eigenvalue weighted by molar-refractivity contribution is 6.39. The number of hydrogen-bond acceptors (Lipinski definition) is 3. The molecular weight excluding hydrogens is 349 g/mol. The third-order valence-electron chi connectivity index (χ3n) is 4.66. The molecule has 2 heterocycles. The summed E-state index contributed by atoms with van der Waals surface area (Å²) in [6.45, 7) is 2.99. The second-order valence-electron chi connectivity index (χ2n) is 6.22. The molecule has 1 N–H and O–H groups in total. The van der Waals surface area contributed by atoms with Crippen LogP contribution in [0.2, 0.25) is 10.0 Å². The van der Waals surface area contributed by atoms with Crippen LogP contribution in [0.25, 0.3) is 0 Å². The molecule has 130 valence electrons. The Morgan fingerprint density at radius 1 is 1.00 bits per heavy atom. The van der Waals surface area contributed by atoms with E-state index in [1.54, 1.807) is 23.1 Å². The van der Waals surface area contributed by atoms with Gasteiger partial charge in [-0.05, 0) is 31.5 Å². The Kier molecular flexibility index (Phi) is 5.64. The minimum Gasteiger partial charge on any atom is -0.338 e. The van der Waals surface area contributed by atoms with E-state index in [2.05, 4.69) is 5.32 Å². The third kappa shape index (κ3) is 3.68. The molecule has 0 spiro atoms. The summed E-state index contributed by atoms with van der Waals surface area (Å²) in [5, 5.41) is 4.00. The Labute approximate surface area is 151 Å². The smallest absolute Gasteiger partial charge is 0.257 e. The number of nitrogens with zero attached hydrogens (tertiary/aromatic N) is 2. The second kappa shape index (κ2) is 7.72. The number of rotatable bonds is 2. The van der Waals surface area contributed by atoms with Crippen LogP contribution in [0.1, 0.15) is 29.6 Å². The number of hydrogen-bond donors (Lipinski definition) is 1. The van der Waals surface area contributed by atoms with Crippen molar-refractivity contribution in [2.24, 2.45) is 0 Å². The normalized spacial score (nSPS) is 21.7. The van der Waals surface area contributed by atoms with Crippen LogP contribution in [-0.2, 0) is 4.79 Å². The molecule has 1 aromatic rings. The zero-order valence-electron chi connectivity index (χ0n) is 13.4. The molecule has 0 saturated carbocycles. The Hall–Kier alpha value is -1.30. The molecule has 3 rings (SSSR count).